The minimum atomic E-state index is 0.421. The van der Waals surface area contributed by atoms with E-state index in [-0.39, 0.29) is 0 Å². The van der Waals surface area contributed by atoms with Gasteiger partial charge in [0, 0.05) is 31.0 Å². The second kappa shape index (κ2) is 4.73. The summed E-state index contributed by atoms with van der Waals surface area (Å²) in [6, 6.07) is 5.22. The Balaban J connectivity index is 1.90. The molecule has 1 aromatic heterocycles. The van der Waals surface area contributed by atoms with Crippen molar-refractivity contribution >= 4 is 0 Å². The molecular weight excluding hydrogens is 186 g/mol. The summed E-state index contributed by atoms with van der Waals surface area (Å²) in [6.07, 6.45) is 4.97. The first-order valence-corrected chi connectivity index (χ1v) is 5.60. The van der Waals surface area contributed by atoms with Gasteiger partial charge in [0.25, 0.3) is 0 Å². The van der Waals surface area contributed by atoms with E-state index < -0.39 is 0 Å². The summed E-state index contributed by atoms with van der Waals surface area (Å²) in [4.78, 5) is 6.41. The van der Waals surface area contributed by atoms with Gasteiger partial charge < -0.3 is 10.2 Å². The molecule has 0 amide bonds. The zero-order chi connectivity index (χ0) is 10.7. The van der Waals surface area contributed by atoms with Crippen molar-refractivity contribution in [3.05, 3.63) is 30.1 Å². The normalized spacial score (nSPS) is 24.3. The molecule has 1 N–H and O–H groups in total. The molecule has 0 spiro atoms. The molecular formula is C12H19N3. The third kappa shape index (κ3) is 2.76. The highest BCUT2D eigenvalue weighted by Gasteiger charge is 2.20. The monoisotopic (exact) mass is 205 g/mol. The highest BCUT2D eigenvalue weighted by molar-refractivity contribution is 5.14. The fraction of sp³-hybridized carbons (Fsp3) is 0.583. The van der Waals surface area contributed by atoms with Crippen molar-refractivity contribution in [2.75, 3.05) is 20.1 Å². The number of hydrogen-bond donors (Lipinski definition) is 1. The van der Waals surface area contributed by atoms with Crippen LogP contribution in [0.4, 0.5) is 0 Å². The van der Waals surface area contributed by atoms with Gasteiger partial charge in [-0.3, -0.25) is 4.98 Å². The van der Waals surface area contributed by atoms with E-state index in [4.69, 9.17) is 0 Å². The molecule has 1 saturated heterocycles. The van der Waals surface area contributed by atoms with Crippen LogP contribution in [-0.2, 0) is 0 Å². The summed E-state index contributed by atoms with van der Waals surface area (Å²) in [5, 5.41) is 3.66. The summed E-state index contributed by atoms with van der Waals surface area (Å²) >= 11 is 0. The summed E-state index contributed by atoms with van der Waals surface area (Å²) in [5.74, 6) is 0. The van der Waals surface area contributed by atoms with Gasteiger partial charge in [0.05, 0.1) is 0 Å². The van der Waals surface area contributed by atoms with E-state index in [1.807, 2.05) is 12.4 Å². The van der Waals surface area contributed by atoms with Gasteiger partial charge in [-0.1, -0.05) is 0 Å². The van der Waals surface area contributed by atoms with Gasteiger partial charge in [-0.15, -0.1) is 0 Å². The van der Waals surface area contributed by atoms with Crippen molar-refractivity contribution in [3.8, 4) is 0 Å². The first kappa shape index (κ1) is 10.6. The SMILES string of the molecule is C[C@@H](NC1CCN(C)C1)c1ccncc1. The molecule has 0 saturated carbocycles. The Morgan fingerprint density at radius 1 is 1.47 bits per heavy atom. The number of pyridine rings is 1. The molecule has 1 fully saturated rings. The Morgan fingerprint density at radius 3 is 2.80 bits per heavy atom. The summed E-state index contributed by atoms with van der Waals surface area (Å²) in [7, 11) is 2.18. The molecule has 1 aliphatic rings. The van der Waals surface area contributed by atoms with Crippen molar-refractivity contribution in [1.82, 2.24) is 15.2 Å². The predicted octanol–water partition coefficient (Wildman–Crippen LogP) is 1.44. The smallest absolute Gasteiger partial charge is 0.0296 e. The number of likely N-dealkylation sites (tertiary alicyclic amines) is 1. The van der Waals surface area contributed by atoms with Crippen LogP contribution in [0.3, 0.4) is 0 Å². The second-order valence-electron chi connectivity index (χ2n) is 4.42. The maximum absolute atomic E-state index is 4.04. The van der Waals surface area contributed by atoms with Gasteiger partial charge >= 0.3 is 0 Å². The van der Waals surface area contributed by atoms with Crippen molar-refractivity contribution in [3.63, 3.8) is 0 Å². The Morgan fingerprint density at radius 2 is 2.20 bits per heavy atom. The van der Waals surface area contributed by atoms with Crippen LogP contribution < -0.4 is 5.32 Å². The highest BCUT2D eigenvalue weighted by Crippen LogP contribution is 2.15. The molecule has 15 heavy (non-hydrogen) atoms. The van der Waals surface area contributed by atoms with Crippen LogP contribution in [0.2, 0.25) is 0 Å². The number of nitrogens with zero attached hydrogens (tertiary/aromatic N) is 2. The maximum Gasteiger partial charge on any atom is 0.0296 e. The number of nitrogens with one attached hydrogen (secondary N) is 1. The lowest BCUT2D eigenvalue weighted by Gasteiger charge is -2.19. The molecule has 82 valence electrons. The third-order valence-electron chi connectivity index (χ3n) is 3.08. The van der Waals surface area contributed by atoms with Crippen molar-refractivity contribution in [2.24, 2.45) is 0 Å². The summed E-state index contributed by atoms with van der Waals surface area (Å²) in [5.41, 5.74) is 1.32. The minimum Gasteiger partial charge on any atom is -0.306 e. The van der Waals surface area contributed by atoms with Gasteiger partial charge in [-0.05, 0) is 44.6 Å². The Kier molecular flexibility index (Phi) is 3.34. The number of aromatic nitrogens is 1. The highest BCUT2D eigenvalue weighted by atomic mass is 15.2. The molecule has 2 rings (SSSR count). The quantitative estimate of drug-likeness (QED) is 0.809. The molecule has 2 heterocycles. The zero-order valence-corrected chi connectivity index (χ0v) is 9.48. The lowest BCUT2D eigenvalue weighted by Crippen LogP contribution is -2.33. The molecule has 0 radical (unpaired) electrons. The first-order valence-electron chi connectivity index (χ1n) is 5.60. The van der Waals surface area contributed by atoms with Crippen LogP contribution >= 0.6 is 0 Å². The minimum absolute atomic E-state index is 0.421. The second-order valence-corrected chi connectivity index (χ2v) is 4.42. The van der Waals surface area contributed by atoms with Crippen LogP contribution in [-0.4, -0.2) is 36.1 Å². The first-order chi connectivity index (χ1) is 7.25. The van der Waals surface area contributed by atoms with Crippen molar-refractivity contribution in [2.45, 2.75) is 25.4 Å². The largest absolute Gasteiger partial charge is 0.306 e. The van der Waals surface area contributed by atoms with Gasteiger partial charge in [-0.25, -0.2) is 0 Å². The van der Waals surface area contributed by atoms with Crippen LogP contribution in [0.15, 0.2) is 24.5 Å². The van der Waals surface area contributed by atoms with Gasteiger partial charge in [-0.2, -0.15) is 0 Å². The Hall–Kier alpha value is -0.930. The lowest BCUT2D eigenvalue weighted by atomic mass is 10.1. The van der Waals surface area contributed by atoms with Crippen molar-refractivity contribution < 1.29 is 0 Å². The van der Waals surface area contributed by atoms with Crippen LogP contribution in [0.1, 0.15) is 24.9 Å². The molecule has 0 bridgehead atoms. The van der Waals surface area contributed by atoms with Crippen LogP contribution in [0.5, 0.6) is 0 Å². The third-order valence-corrected chi connectivity index (χ3v) is 3.08. The van der Waals surface area contributed by atoms with Gasteiger partial charge in [0.15, 0.2) is 0 Å². The van der Waals surface area contributed by atoms with E-state index in [0.29, 0.717) is 12.1 Å². The Bertz CT molecular complexity index is 299. The summed E-state index contributed by atoms with van der Waals surface area (Å²) in [6.45, 7) is 4.59. The van der Waals surface area contributed by atoms with Gasteiger partial charge in [0.2, 0.25) is 0 Å². The lowest BCUT2D eigenvalue weighted by molar-refractivity contribution is 0.387. The van der Waals surface area contributed by atoms with E-state index in [9.17, 15) is 0 Å². The van der Waals surface area contributed by atoms with Gasteiger partial charge in [0.1, 0.15) is 0 Å². The molecule has 1 aromatic rings. The zero-order valence-electron chi connectivity index (χ0n) is 9.48. The number of rotatable bonds is 3. The van der Waals surface area contributed by atoms with E-state index in [1.165, 1.54) is 18.5 Å². The van der Waals surface area contributed by atoms with E-state index >= 15 is 0 Å². The molecule has 2 atom stereocenters. The van der Waals surface area contributed by atoms with E-state index in [0.717, 1.165) is 6.54 Å². The maximum atomic E-state index is 4.04. The predicted molar refractivity (Wildman–Crippen MR) is 61.7 cm³/mol. The molecule has 0 aliphatic carbocycles. The number of likely N-dealkylation sites (N-methyl/N-ethyl adjacent to an activating group) is 1. The van der Waals surface area contributed by atoms with Crippen molar-refractivity contribution in [1.29, 1.82) is 0 Å². The fourth-order valence-electron chi connectivity index (χ4n) is 2.17. The van der Waals surface area contributed by atoms with Crippen LogP contribution in [0, 0.1) is 0 Å². The van der Waals surface area contributed by atoms with E-state index in [2.05, 4.69) is 41.3 Å². The number of hydrogen-bond acceptors (Lipinski definition) is 3. The molecule has 3 heteroatoms. The van der Waals surface area contributed by atoms with E-state index in [1.54, 1.807) is 0 Å². The molecule has 3 nitrogen and oxygen atoms in total. The van der Waals surface area contributed by atoms with Crippen LogP contribution in [0.25, 0.3) is 0 Å². The molecule has 1 unspecified atom stereocenters. The molecule has 0 aromatic carbocycles. The topological polar surface area (TPSA) is 28.2 Å². The Labute approximate surface area is 91.5 Å². The molecule has 1 aliphatic heterocycles. The summed E-state index contributed by atoms with van der Waals surface area (Å²) < 4.78 is 0. The average molecular weight is 205 g/mol. The average Bonchev–Trinajstić information content (AvgIpc) is 2.65. The standard InChI is InChI=1S/C12H19N3/c1-10(11-3-6-13-7-4-11)14-12-5-8-15(2)9-12/h3-4,6-7,10,12,14H,5,8-9H2,1-2H3/t10-,12?/m1/s1. The fourth-order valence-corrected chi connectivity index (χ4v) is 2.17.